The number of carbonyl (C=O) groups is 4. The molecule has 42 heavy (non-hydrogen) atoms. The number of aromatic nitrogens is 2. The van der Waals surface area contributed by atoms with Crippen molar-refractivity contribution in [2.75, 3.05) is 0 Å². The van der Waals surface area contributed by atoms with Crippen molar-refractivity contribution in [3.63, 3.8) is 0 Å². The predicted octanol–water partition coefficient (Wildman–Crippen LogP) is 4.95. The summed E-state index contributed by atoms with van der Waals surface area (Å²) >= 11 is 0. The van der Waals surface area contributed by atoms with E-state index in [2.05, 4.69) is 22.3 Å². The molecule has 0 saturated carbocycles. The summed E-state index contributed by atoms with van der Waals surface area (Å²) in [6.07, 6.45) is 8.53. The van der Waals surface area contributed by atoms with E-state index in [-0.39, 0.29) is 11.8 Å². The van der Waals surface area contributed by atoms with Crippen LogP contribution in [0.2, 0.25) is 0 Å². The topological polar surface area (TPSA) is 150 Å². The summed E-state index contributed by atoms with van der Waals surface area (Å²) in [5.74, 6) is 5.73. The molecule has 0 bridgehead atoms. The average molecular weight is 574 g/mol. The number of hydrogen-bond donors (Lipinski definition) is 3. The van der Waals surface area contributed by atoms with Crippen LogP contribution in [0.25, 0.3) is 10.9 Å². The zero-order valence-corrected chi connectivity index (χ0v) is 25.0. The van der Waals surface area contributed by atoms with Crippen LogP contribution < -0.4 is 16.8 Å². The average Bonchev–Trinajstić information content (AvgIpc) is 3.52. The highest BCUT2D eigenvalue weighted by molar-refractivity contribution is 5.99. The third kappa shape index (κ3) is 10.2. The Kier molecular flexibility index (Phi) is 14.5. The van der Waals surface area contributed by atoms with Gasteiger partial charge in [0.1, 0.15) is 6.29 Å². The fourth-order valence-electron chi connectivity index (χ4n) is 4.56. The number of hydrogen-bond acceptors (Lipinski definition) is 5. The molecule has 1 aromatic heterocycles. The molecule has 5 N–H and O–H groups in total. The first-order valence-corrected chi connectivity index (χ1v) is 14.7. The molecule has 0 atom stereocenters. The Balaban J connectivity index is 0.000000535. The van der Waals surface area contributed by atoms with Gasteiger partial charge in [-0.05, 0) is 56.0 Å². The number of primary amides is 2. The van der Waals surface area contributed by atoms with Crippen LogP contribution in [-0.4, -0.2) is 33.8 Å². The Labute approximate surface area is 248 Å². The minimum Gasteiger partial charge on any atom is -0.370 e. The summed E-state index contributed by atoms with van der Waals surface area (Å²) in [5.41, 5.74) is 15.4. The van der Waals surface area contributed by atoms with Crippen molar-refractivity contribution in [1.82, 2.24) is 15.1 Å². The Morgan fingerprint density at radius 3 is 2.50 bits per heavy atom. The summed E-state index contributed by atoms with van der Waals surface area (Å²) in [5, 5.41) is 8.55. The number of carbonyl (C=O) groups excluding carboxylic acids is 4. The van der Waals surface area contributed by atoms with Gasteiger partial charge in [0.25, 0.3) is 5.91 Å². The van der Waals surface area contributed by atoms with E-state index in [1.54, 1.807) is 6.07 Å². The van der Waals surface area contributed by atoms with Crippen molar-refractivity contribution in [3.8, 4) is 11.8 Å². The lowest BCUT2D eigenvalue weighted by Crippen LogP contribution is -2.12. The van der Waals surface area contributed by atoms with Crippen LogP contribution in [0.15, 0.2) is 36.4 Å². The minimum absolute atomic E-state index is 0.00442. The highest BCUT2D eigenvalue weighted by atomic mass is 16.2. The molecule has 4 rings (SSSR count). The second kappa shape index (κ2) is 18.1. The number of fused-ring (bicyclic) bond motifs is 2. The van der Waals surface area contributed by atoms with Crippen molar-refractivity contribution >= 4 is 34.9 Å². The van der Waals surface area contributed by atoms with Gasteiger partial charge in [-0.2, -0.15) is 5.10 Å². The highest BCUT2D eigenvalue weighted by Gasteiger charge is 2.20. The van der Waals surface area contributed by atoms with Gasteiger partial charge < -0.3 is 21.6 Å². The van der Waals surface area contributed by atoms with Crippen LogP contribution in [-0.2, 0) is 22.7 Å². The van der Waals surface area contributed by atoms with Crippen molar-refractivity contribution in [2.24, 2.45) is 11.5 Å². The molecule has 0 radical (unpaired) electrons. The third-order valence-electron chi connectivity index (χ3n) is 6.71. The highest BCUT2D eigenvalue weighted by Crippen LogP contribution is 2.21. The molecule has 9 nitrogen and oxygen atoms in total. The molecular formula is C33H43N5O4. The number of unbranched alkanes of at least 4 members (excludes halogenated alkanes) is 6. The minimum atomic E-state index is -0.415. The molecular weight excluding hydrogens is 530 g/mol. The Bertz CT molecular complexity index is 1430. The van der Waals surface area contributed by atoms with E-state index in [0.29, 0.717) is 31.4 Å². The smallest absolute Gasteiger partial charge is 0.251 e. The zero-order valence-electron chi connectivity index (χ0n) is 25.0. The van der Waals surface area contributed by atoms with Crippen LogP contribution in [0.4, 0.5) is 0 Å². The first kappa shape index (κ1) is 33.8. The van der Waals surface area contributed by atoms with Crippen LogP contribution in [0, 0.1) is 18.8 Å². The quantitative estimate of drug-likeness (QED) is 0.159. The van der Waals surface area contributed by atoms with Crippen LogP contribution in [0.3, 0.4) is 0 Å². The van der Waals surface area contributed by atoms with Crippen LogP contribution >= 0.6 is 0 Å². The molecule has 1 aliphatic rings. The van der Waals surface area contributed by atoms with E-state index >= 15 is 0 Å². The first-order chi connectivity index (χ1) is 20.3. The molecule has 1 aliphatic heterocycles. The molecule has 9 heteroatoms. The summed E-state index contributed by atoms with van der Waals surface area (Å²) in [6.45, 7) is 7.40. The predicted molar refractivity (Wildman–Crippen MR) is 166 cm³/mol. The van der Waals surface area contributed by atoms with Gasteiger partial charge in [0.05, 0.1) is 11.2 Å². The first-order valence-electron chi connectivity index (χ1n) is 14.7. The van der Waals surface area contributed by atoms with Crippen molar-refractivity contribution < 1.29 is 19.2 Å². The lowest BCUT2D eigenvalue weighted by atomic mass is 10.0. The zero-order chi connectivity index (χ0) is 30.9. The fourth-order valence-corrected chi connectivity index (χ4v) is 4.56. The van der Waals surface area contributed by atoms with Crippen LogP contribution in [0.1, 0.15) is 109 Å². The third-order valence-corrected chi connectivity index (χ3v) is 6.71. The number of aldehydes is 1. The second-order valence-corrected chi connectivity index (χ2v) is 9.76. The van der Waals surface area contributed by atoms with E-state index in [9.17, 15) is 19.2 Å². The van der Waals surface area contributed by atoms with E-state index in [4.69, 9.17) is 11.5 Å². The molecule has 0 unspecified atom stereocenters. The van der Waals surface area contributed by atoms with Gasteiger partial charge in [-0.3, -0.25) is 19.1 Å². The Morgan fingerprint density at radius 1 is 1.05 bits per heavy atom. The molecule has 0 aliphatic carbocycles. The maximum Gasteiger partial charge on any atom is 0.251 e. The lowest BCUT2D eigenvalue weighted by molar-refractivity contribution is -0.118. The maximum absolute atomic E-state index is 11.7. The Morgan fingerprint density at radius 2 is 1.79 bits per heavy atom. The lowest BCUT2D eigenvalue weighted by Gasteiger charge is -2.04. The van der Waals surface area contributed by atoms with Gasteiger partial charge >= 0.3 is 0 Å². The number of nitrogens with one attached hydrogen (secondary N) is 1. The van der Waals surface area contributed by atoms with E-state index in [1.807, 2.05) is 55.8 Å². The molecule has 2 aromatic carbocycles. The number of amides is 3. The van der Waals surface area contributed by atoms with Gasteiger partial charge in [0, 0.05) is 54.4 Å². The molecule has 3 amide bonds. The molecule has 2 heterocycles. The second-order valence-electron chi connectivity index (χ2n) is 9.76. The van der Waals surface area contributed by atoms with Crippen molar-refractivity contribution in [3.05, 3.63) is 64.3 Å². The van der Waals surface area contributed by atoms with Gasteiger partial charge in [0.2, 0.25) is 11.8 Å². The largest absolute Gasteiger partial charge is 0.370 e. The van der Waals surface area contributed by atoms with E-state index < -0.39 is 5.91 Å². The number of rotatable bonds is 12. The molecule has 224 valence electrons. The van der Waals surface area contributed by atoms with Gasteiger partial charge in [-0.25, -0.2) is 0 Å². The molecule has 0 fully saturated rings. The maximum atomic E-state index is 11.7. The molecule has 0 saturated heterocycles. The van der Waals surface area contributed by atoms with Crippen molar-refractivity contribution in [2.45, 2.75) is 91.6 Å². The van der Waals surface area contributed by atoms with Gasteiger partial charge in [-0.1, -0.05) is 57.1 Å². The standard InChI is InChI=1S/C26H28N4O2.C5H9NO2.C2H6/c1-18-21-14-13-20(25(27)31)16-24(21)30(29-18)15-8-6-4-2-3-5-7-10-19-11-9-12-22-23(19)17-28-26(22)32;6-5(8)3-1-2-4-7;1-2/h9,11-14,16H,2-6,8,15,17H2,1H3,(H2,27,31)(H,28,32);4H,1-3H2,(H2,6,8);1-2H3. The van der Waals surface area contributed by atoms with E-state index in [1.165, 1.54) is 0 Å². The fraction of sp³-hybridized carbons (Fsp3) is 0.424. The summed E-state index contributed by atoms with van der Waals surface area (Å²) in [7, 11) is 0. The monoisotopic (exact) mass is 573 g/mol. The summed E-state index contributed by atoms with van der Waals surface area (Å²) in [4.78, 5) is 42.8. The van der Waals surface area contributed by atoms with E-state index in [0.717, 1.165) is 84.6 Å². The number of benzene rings is 2. The number of aryl methyl sites for hydroxylation is 2. The summed E-state index contributed by atoms with van der Waals surface area (Å²) < 4.78 is 1.99. The van der Waals surface area contributed by atoms with Gasteiger partial charge in [-0.15, -0.1) is 0 Å². The molecule has 3 aromatic rings. The normalized spacial score (nSPS) is 11.2. The molecule has 0 spiro atoms. The SMILES string of the molecule is CC.Cc1nn(CCCCCCCC#Cc2cccc3c2CNC3=O)c2cc(C(N)=O)ccc12.NC(=O)CCCC=O. The van der Waals surface area contributed by atoms with Gasteiger partial charge in [0.15, 0.2) is 0 Å². The van der Waals surface area contributed by atoms with Crippen molar-refractivity contribution in [1.29, 1.82) is 0 Å². The number of nitrogens with two attached hydrogens (primary N) is 2. The number of nitrogens with zero attached hydrogens (tertiary/aromatic N) is 2. The summed E-state index contributed by atoms with van der Waals surface area (Å²) in [6, 6.07) is 11.3. The van der Waals surface area contributed by atoms with Crippen LogP contribution in [0.5, 0.6) is 0 Å². The Hall–Kier alpha value is -4.45.